The SMILES string of the molecule is CC(C)Cc1c(OC(N)=O)ccc(I)c1F. The van der Waals surface area contributed by atoms with Crippen LogP contribution < -0.4 is 10.5 Å². The summed E-state index contributed by atoms with van der Waals surface area (Å²) < 4.78 is 19.1. The van der Waals surface area contributed by atoms with Crippen molar-refractivity contribution in [3.63, 3.8) is 0 Å². The van der Waals surface area contributed by atoms with Crippen molar-refractivity contribution in [3.05, 3.63) is 27.1 Å². The molecule has 5 heteroatoms. The lowest BCUT2D eigenvalue weighted by Crippen LogP contribution is -2.18. The van der Waals surface area contributed by atoms with Crippen LogP contribution in [0.1, 0.15) is 19.4 Å². The average molecular weight is 337 g/mol. The first-order chi connectivity index (χ1) is 7.41. The Balaban J connectivity index is 3.15. The first-order valence-electron chi connectivity index (χ1n) is 4.86. The molecule has 0 radical (unpaired) electrons. The molecule has 1 amide bonds. The molecular formula is C11H13FINO2. The van der Waals surface area contributed by atoms with Crippen LogP contribution in [-0.4, -0.2) is 6.09 Å². The van der Waals surface area contributed by atoms with E-state index in [-0.39, 0.29) is 17.5 Å². The number of halogens is 2. The van der Waals surface area contributed by atoms with Crippen LogP contribution in [-0.2, 0) is 6.42 Å². The molecule has 1 rings (SSSR count). The van der Waals surface area contributed by atoms with Gasteiger partial charge >= 0.3 is 6.09 Å². The van der Waals surface area contributed by atoms with E-state index >= 15 is 0 Å². The van der Waals surface area contributed by atoms with Crippen LogP contribution in [0.4, 0.5) is 9.18 Å². The van der Waals surface area contributed by atoms with E-state index in [1.807, 2.05) is 36.4 Å². The fourth-order valence-electron chi connectivity index (χ4n) is 1.38. The van der Waals surface area contributed by atoms with Gasteiger partial charge in [-0.2, -0.15) is 0 Å². The Hall–Kier alpha value is -0.850. The van der Waals surface area contributed by atoms with Gasteiger partial charge in [0.15, 0.2) is 0 Å². The fraction of sp³-hybridized carbons (Fsp3) is 0.364. The molecule has 1 aromatic rings. The number of ether oxygens (including phenoxy) is 1. The topological polar surface area (TPSA) is 52.3 Å². The number of benzene rings is 1. The van der Waals surface area contributed by atoms with Gasteiger partial charge in [0.25, 0.3) is 0 Å². The van der Waals surface area contributed by atoms with Crippen molar-refractivity contribution in [2.75, 3.05) is 0 Å². The van der Waals surface area contributed by atoms with Crippen LogP contribution in [0, 0.1) is 15.3 Å². The van der Waals surface area contributed by atoms with Crippen molar-refractivity contribution in [2.45, 2.75) is 20.3 Å². The van der Waals surface area contributed by atoms with E-state index in [0.717, 1.165) is 0 Å². The van der Waals surface area contributed by atoms with Crippen molar-refractivity contribution in [2.24, 2.45) is 11.7 Å². The van der Waals surface area contributed by atoms with E-state index in [4.69, 9.17) is 10.5 Å². The van der Waals surface area contributed by atoms with E-state index in [0.29, 0.717) is 15.6 Å². The van der Waals surface area contributed by atoms with Gasteiger partial charge in [-0.3, -0.25) is 0 Å². The molecule has 0 aromatic heterocycles. The molecule has 0 aliphatic carbocycles. The first kappa shape index (κ1) is 13.2. The molecule has 0 saturated heterocycles. The quantitative estimate of drug-likeness (QED) is 0.862. The van der Waals surface area contributed by atoms with E-state index in [1.165, 1.54) is 0 Å². The maximum absolute atomic E-state index is 13.8. The van der Waals surface area contributed by atoms with Crippen molar-refractivity contribution >= 4 is 28.7 Å². The highest BCUT2D eigenvalue weighted by Gasteiger charge is 2.15. The summed E-state index contributed by atoms with van der Waals surface area (Å²) in [4.78, 5) is 10.7. The summed E-state index contributed by atoms with van der Waals surface area (Å²) in [5.41, 5.74) is 5.33. The summed E-state index contributed by atoms with van der Waals surface area (Å²) in [5, 5.41) is 0. The van der Waals surface area contributed by atoms with Crippen LogP contribution in [0.15, 0.2) is 12.1 Å². The third-order valence-electron chi connectivity index (χ3n) is 1.98. The molecule has 1 aromatic carbocycles. The molecule has 0 fully saturated rings. The zero-order chi connectivity index (χ0) is 12.3. The van der Waals surface area contributed by atoms with Gasteiger partial charge in [-0.15, -0.1) is 0 Å². The predicted octanol–water partition coefficient (Wildman–Crippen LogP) is 3.09. The summed E-state index contributed by atoms with van der Waals surface area (Å²) >= 11 is 1.90. The molecule has 0 aliphatic rings. The molecule has 0 bridgehead atoms. The van der Waals surface area contributed by atoms with Gasteiger partial charge in [0, 0.05) is 9.13 Å². The normalized spacial score (nSPS) is 10.6. The lowest BCUT2D eigenvalue weighted by atomic mass is 10.0. The molecule has 0 spiro atoms. The average Bonchev–Trinajstić information content (AvgIpc) is 2.16. The minimum Gasteiger partial charge on any atom is -0.410 e. The van der Waals surface area contributed by atoms with Crippen LogP contribution in [0.25, 0.3) is 0 Å². The number of carbonyl (C=O) groups is 1. The second-order valence-electron chi connectivity index (χ2n) is 3.86. The molecule has 0 heterocycles. The first-order valence-corrected chi connectivity index (χ1v) is 5.93. The molecule has 0 atom stereocenters. The zero-order valence-corrected chi connectivity index (χ0v) is 11.2. The molecule has 2 N–H and O–H groups in total. The number of hydrogen-bond donors (Lipinski definition) is 1. The zero-order valence-electron chi connectivity index (χ0n) is 9.09. The summed E-state index contributed by atoms with van der Waals surface area (Å²) in [5.74, 6) is 0.134. The van der Waals surface area contributed by atoms with Crippen molar-refractivity contribution in [1.29, 1.82) is 0 Å². The van der Waals surface area contributed by atoms with Crippen LogP contribution in [0.5, 0.6) is 5.75 Å². The van der Waals surface area contributed by atoms with Gasteiger partial charge in [0.1, 0.15) is 11.6 Å². The van der Waals surface area contributed by atoms with Crippen LogP contribution >= 0.6 is 22.6 Å². The van der Waals surface area contributed by atoms with Crippen molar-refractivity contribution < 1.29 is 13.9 Å². The van der Waals surface area contributed by atoms with E-state index in [9.17, 15) is 9.18 Å². The maximum Gasteiger partial charge on any atom is 0.409 e. The second-order valence-corrected chi connectivity index (χ2v) is 5.02. The predicted molar refractivity (Wildman–Crippen MR) is 67.9 cm³/mol. The Labute approximate surface area is 107 Å². The molecule has 3 nitrogen and oxygen atoms in total. The molecular weight excluding hydrogens is 324 g/mol. The third-order valence-corrected chi connectivity index (χ3v) is 2.81. The minimum absolute atomic E-state index is 0.208. The van der Waals surface area contributed by atoms with Crippen molar-refractivity contribution in [1.82, 2.24) is 0 Å². The Kier molecular flexibility index (Phi) is 4.52. The second kappa shape index (κ2) is 5.47. The fourth-order valence-corrected chi connectivity index (χ4v) is 1.88. The molecule has 0 aliphatic heterocycles. The number of carbonyl (C=O) groups excluding carboxylic acids is 1. The van der Waals surface area contributed by atoms with E-state index in [2.05, 4.69) is 0 Å². The molecule has 88 valence electrons. The maximum atomic E-state index is 13.8. The van der Waals surface area contributed by atoms with Crippen molar-refractivity contribution in [3.8, 4) is 5.75 Å². The van der Waals surface area contributed by atoms with Gasteiger partial charge in [-0.05, 0) is 47.1 Å². The van der Waals surface area contributed by atoms with Gasteiger partial charge in [0.2, 0.25) is 0 Å². The number of amides is 1. The number of rotatable bonds is 3. The van der Waals surface area contributed by atoms with Crippen LogP contribution in [0.3, 0.4) is 0 Å². The number of hydrogen-bond acceptors (Lipinski definition) is 2. The largest absolute Gasteiger partial charge is 0.410 e. The highest BCUT2D eigenvalue weighted by molar-refractivity contribution is 14.1. The number of primary amides is 1. The Bertz CT molecular complexity index is 407. The highest BCUT2D eigenvalue weighted by Crippen LogP contribution is 2.27. The summed E-state index contributed by atoms with van der Waals surface area (Å²) in [6.07, 6.45) is -0.420. The summed E-state index contributed by atoms with van der Waals surface area (Å²) in [7, 11) is 0. The summed E-state index contributed by atoms with van der Waals surface area (Å²) in [6, 6.07) is 3.12. The van der Waals surface area contributed by atoms with Gasteiger partial charge in [-0.1, -0.05) is 13.8 Å². The Morgan fingerprint density at radius 2 is 2.19 bits per heavy atom. The van der Waals surface area contributed by atoms with E-state index in [1.54, 1.807) is 12.1 Å². The highest BCUT2D eigenvalue weighted by atomic mass is 127. The Morgan fingerprint density at radius 1 is 1.56 bits per heavy atom. The van der Waals surface area contributed by atoms with E-state index < -0.39 is 6.09 Å². The molecule has 0 saturated carbocycles. The lowest BCUT2D eigenvalue weighted by molar-refractivity contribution is 0.210. The standard InChI is InChI=1S/C11H13FINO2/c1-6(2)5-7-9(16-11(14)15)4-3-8(13)10(7)12/h3-4,6H,5H2,1-2H3,(H2,14,15). The minimum atomic E-state index is -0.925. The number of nitrogens with two attached hydrogens (primary N) is 1. The molecule has 16 heavy (non-hydrogen) atoms. The summed E-state index contributed by atoms with van der Waals surface area (Å²) in [6.45, 7) is 3.93. The molecule has 0 unspecified atom stereocenters. The van der Waals surface area contributed by atoms with Crippen LogP contribution in [0.2, 0.25) is 0 Å². The van der Waals surface area contributed by atoms with Gasteiger partial charge in [-0.25, -0.2) is 9.18 Å². The monoisotopic (exact) mass is 337 g/mol. The Morgan fingerprint density at radius 3 is 2.69 bits per heavy atom. The van der Waals surface area contributed by atoms with Gasteiger partial charge < -0.3 is 10.5 Å². The third kappa shape index (κ3) is 3.33. The van der Waals surface area contributed by atoms with Gasteiger partial charge in [0.05, 0.1) is 0 Å². The smallest absolute Gasteiger partial charge is 0.409 e. The lowest BCUT2D eigenvalue weighted by Gasteiger charge is -2.12.